The van der Waals surface area contributed by atoms with Crippen molar-refractivity contribution in [1.82, 2.24) is 15.0 Å². The Morgan fingerprint density at radius 3 is 2.62 bits per heavy atom. The van der Waals surface area contributed by atoms with Crippen molar-refractivity contribution in [3.8, 4) is 0 Å². The first-order valence-electron chi connectivity index (χ1n) is 8.19. The van der Waals surface area contributed by atoms with Crippen LogP contribution in [0.25, 0.3) is 0 Å². The van der Waals surface area contributed by atoms with Crippen LogP contribution in [-0.2, 0) is 9.53 Å². The van der Waals surface area contributed by atoms with Gasteiger partial charge >= 0.3 is 5.97 Å². The monoisotopic (exact) mass is 372 g/mol. The van der Waals surface area contributed by atoms with Gasteiger partial charge in [-0.2, -0.15) is 0 Å². The third-order valence-electron chi connectivity index (χ3n) is 4.02. The van der Waals surface area contributed by atoms with Gasteiger partial charge in [0.25, 0.3) is 5.56 Å². The van der Waals surface area contributed by atoms with Crippen molar-refractivity contribution in [3.05, 3.63) is 57.3 Å². The summed E-state index contributed by atoms with van der Waals surface area (Å²) in [5.74, 6) is -0.572. The minimum absolute atomic E-state index is 0.266. The Labute approximate surface area is 155 Å². The Morgan fingerprint density at radius 2 is 2.00 bits per heavy atom. The van der Waals surface area contributed by atoms with Gasteiger partial charge in [0.15, 0.2) is 5.16 Å². The Balaban J connectivity index is 2.23. The number of aromatic nitrogens is 3. The summed E-state index contributed by atoms with van der Waals surface area (Å²) < 4.78 is 5.42. The molecule has 2 N–H and O–H groups in total. The van der Waals surface area contributed by atoms with Crippen LogP contribution in [0.5, 0.6) is 0 Å². The number of aromatic amines is 1. The van der Waals surface area contributed by atoms with E-state index in [4.69, 9.17) is 4.74 Å². The topological polar surface area (TPSA) is 97.0 Å². The Kier molecular flexibility index (Phi) is 5.13. The zero-order chi connectivity index (χ0) is 18.8. The number of hydrogen-bond donors (Lipinski definition) is 2. The van der Waals surface area contributed by atoms with Crippen molar-refractivity contribution >= 4 is 23.5 Å². The number of H-pyrrole nitrogens is 1. The lowest BCUT2D eigenvalue weighted by molar-refractivity contribution is -0.143. The summed E-state index contributed by atoms with van der Waals surface area (Å²) in [6, 6.07) is 3.58. The lowest BCUT2D eigenvalue weighted by atomic mass is 9.83. The molecule has 1 aliphatic rings. The Bertz CT molecular complexity index is 922. The van der Waals surface area contributed by atoms with Gasteiger partial charge in [-0.3, -0.25) is 9.78 Å². The van der Waals surface area contributed by atoms with Gasteiger partial charge in [0.2, 0.25) is 0 Å². The van der Waals surface area contributed by atoms with Gasteiger partial charge in [-0.25, -0.2) is 9.78 Å². The van der Waals surface area contributed by atoms with E-state index < -0.39 is 11.9 Å². The molecule has 0 fully saturated rings. The normalized spacial score (nSPS) is 16.3. The second-order valence-electron chi connectivity index (χ2n) is 6.17. The van der Waals surface area contributed by atoms with Crippen LogP contribution in [0.2, 0.25) is 0 Å². The number of fused-ring (bicyclic) bond motifs is 1. The molecule has 0 saturated carbocycles. The first-order chi connectivity index (χ1) is 12.4. The summed E-state index contributed by atoms with van der Waals surface area (Å²) in [5, 5.41) is 3.61. The smallest absolute Gasteiger partial charge is 0.337 e. The number of pyridine rings is 1. The molecule has 3 heterocycles. The third kappa shape index (κ3) is 3.37. The molecule has 0 amide bonds. The van der Waals surface area contributed by atoms with Crippen molar-refractivity contribution in [1.29, 1.82) is 0 Å². The highest BCUT2D eigenvalue weighted by atomic mass is 32.2. The molecule has 0 bridgehead atoms. The minimum atomic E-state index is -0.576. The molecule has 7 nitrogen and oxygen atoms in total. The quantitative estimate of drug-likeness (QED) is 0.484. The third-order valence-corrected chi connectivity index (χ3v) is 4.60. The predicted octanol–water partition coefficient (Wildman–Crippen LogP) is 2.67. The maximum Gasteiger partial charge on any atom is 0.337 e. The number of carbonyl (C=O) groups excluding carboxylic acids is 1. The molecule has 0 unspecified atom stereocenters. The highest BCUT2D eigenvalue weighted by Crippen LogP contribution is 2.39. The zero-order valence-electron chi connectivity index (χ0n) is 15.0. The predicted molar refractivity (Wildman–Crippen MR) is 100 cm³/mol. The maximum absolute atomic E-state index is 12.8. The van der Waals surface area contributed by atoms with E-state index in [-0.39, 0.29) is 11.7 Å². The fraction of sp³-hybridized carbons (Fsp3) is 0.333. The maximum atomic E-state index is 12.8. The number of carbonyl (C=O) groups is 1. The van der Waals surface area contributed by atoms with E-state index in [2.05, 4.69) is 20.3 Å². The number of ether oxygens (including phenoxy) is 1. The average molecular weight is 372 g/mol. The molecule has 0 aromatic carbocycles. The van der Waals surface area contributed by atoms with Gasteiger partial charge in [-0.05, 0) is 44.7 Å². The number of thioether (sulfide) groups is 1. The molecule has 2 aromatic rings. The molecule has 2 aromatic heterocycles. The van der Waals surface area contributed by atoms with Crippen LogP contribution in [0.3, 0.4) is 0 Å². The molecule has 1 atom stereocenters. The summed E-state index contributed by atoms with van der Waals surface area (Å²) in [7, 11) is 0. The molecule has 0 radical (unpaired) electrons. The van der Waals surface area contributed by atoms with Crippen LogP contribution < -0.4 is 10.9 Å². The highest BCUT2D eigenvalue weighted by Gasteiger charge is 2.36. The first kappa shape index (κ1) is 18.2. The van der Waals surface area contributed by atoms with Gasteiger partial charge in [-0.15, -0.1) is 0 Å². The van der Waals surface area contributed by atoms with Gasteiger partial charge in [0.05, 0.1) is 23.2 Å². The van der Waals surface area contributed by atoms with Crippen LogP contribution in [0.15, 0.2) is 45.7 Å². The molecule has 8 heteroatoms. The molecule has 0 aliphatic carbocycles. The number of nitrogens with zero attached hydrogens (tertiary/aromatic N) is 2. The molecule has 0 saturated heterocycles. The first-order valence-corrected chi connectivity index (χ1v) is 9.41. The van der Waals surface area contributed by atoms with Crippen molar-refractivity contribution in [2.24, 2.45) is 0 Å². The SMILES string of the molecule is CSc1nc2c(c(=O)[nH]1)[C@H](c1ccncc1)C(C(=O)OC(C)C)=C(C)N2. The Hall–Kier alpha value is -2.61. The summed E-state index contributed by atoms with van der Waals surface area (Å²) in [6.45, 7) is 5.37. The highest BCUT2D eigenvalue weighted by molar-refractivity contribution is 7.98. The van der Waals surface area contributed by atoms with Gasteiger partial charge in [-0.1, -0.05) is 11.8 Å². The molecular weight excluding hydrogens is 352 g/mol. The number of anilines is 1. The van der Waals surface area contributed by atoms with Crippen molar-refractivity contribution in [2.75, 3.05) is 11.6 Å². The van der Waals surface area contributed by atoms with E-state index in [1.807, 2.05) is 6.26 Å². The molecular formula is C18H20N4O3S. The second-order valence-corrected chi connectivity index (χ2v) is 6.96. The van der Waals surface area contributed by atoms with Gasteiger partial charge < -0.3 is 15.0 Å². The number of nitrogens with one attached hydrogen (secondary N) is 2. The van der Waals surface area contributed by atoms with E-state index in [1.165, 1.54) is 11.8 Å². The van der Waals surface area contributed by atoms with E-state index in [0.717, 1.165) is 5.56 Å². The summed E-state index contributed by atoms with van der Waals surface area (Å²) >= 11 is 1.35. The van der Waals surface area contributed by atoms with Crippen LogP contribution in [0.4, 0.5) is 5.82 Å². The summed E-state index contributed by atoms with van der Waals surface area (Å²) in [5.41, 5.74) is 1.92. The lowest BCUT2D eigenvalue weighted by Gasteiger charge is -2.29. The Morgan fingerprint density at radius 1 is 1.31 bits per heavy atom. The van der Waals surface area contributed by atoms with Crippen LogP contribution >= 0.6 is 11.8 Å². The molecule has 0 spiro atoms. The standard InChI is InChI=1S/C18H20N4O3S/c1-9(2)25-17(24)12-10(3)20-15-14(16(23)22-18(21-15)26-4)13(12)11-5-7-19-8-6-11/h5-9,13H,1-4H3,(H2,20,21,22,23)/t13-/m1/s1. The minimum Gasteiger partial charge on any atom is -0.460 e. The van der Waals surface area contributed by atoms with Gasteiger partial charge in [0, 0.05) is 18.1 Å². The largest absolute Gasteiger partial charge is 0.460 e. The lowest BCUT2D eigenvalue weighted by Crippen LogP contribution is -2.31. The van der Waals surface area contributed by atoms with E-state index in [9.17, 15) is 9.59 Å². The van der Waals surface area contributed by atoms with Crippen LogP contribution in [0, 0.1) is 0 Å². The van der Waals surface area contributed by atoms with Crippen molar-refractivity contribution in [3.63, 3.8) is 0 Å². The number of hydrogen-bond acceptors (Lipinski definition) is 7. The molecule has 1 aliphatic heterocycles. The fourth-order valence-corrected chi connectivity index (χ4v) is 3.34. The van der Waals surface area contributed by atoms with Gasteiger partial charge in [0.1, 0.15) is 5.82 Å². The number of esters is 1. The van der Waals surface area contributed by atoms with Crippen molar-refractivity contribution in [2.45, 2.75) is 37.9 Å². The second kappa shape index (κ2) is 7.33. The van der Waals surface area contributed by atoms with E-state index >= 15 is 0 Å². The number of allylic oxidation sites excluding steroid dienone is 1. The summed E-state index contributed by atoms with van der Waals surface area (Å²) in [4.78, 5) is 36.8. The van der Waals surface area contributed by atoms with E-state index in [0.29, 0.717) is 27.8 Å². The molecule has 3 rings (SSSR count). The number of rotatable bonds is 4. The van der Waals surface area contributed by atoms with Crippen LogP contribution in [-0.4, -0.2) is 33.3 Å². The fourth-order valence-electron chi connectivity index (χ4n) is 2.97. The molecule has 136 valence electrons. The van der Waals surface area contributed by atoms with Crippen molar-refractivity contribution < 1.29 is 9.53 Å². The average Bonchev–Trinajstić information content (AvgIpc) is 2.60. The van der Waals surface area contributed by atoms with E-state index in [1.54, 1.807) is 45.3 Å². The molecule has 26 heavy (non-hydrogen) atoms. The summed E-state index contributed by atoms with van der Waals surface area (Å²) in [6.07, 6.45) is 4.84. The van der Waals surface area contributed by atoms with Crippen LogP contribution in [0.1, 0.15) is 37.8 Å². The zero-order valence-corrected chi connectivity index (χ0v) is 15.8.